The Balaban J connectivity index is 1.99. The van der Waals surface area contributed by atoms with Gasteiger partial charge in [-0.3, -0.25) is 4.79 Å². The third-order valence-electron chi connectivity index (χ3n) is 4.23. The summed E-state index contributed by atoms with van der Waals surface area (Å²) >= 11 is 6.09. The van der Waals surface area contributed by atoms with Gasteiger partial charge in [-0.2, -0.15) is 0 Å². The van der Waals surface area contributed by atoms with E-state index in [1.807, 2.05) is 38.1 Å². The number of amides is 1. The van der Waals surface area contributed by atoms with Crippen LogP contribution in [-0.4, -0.2) is 32.7 Å². The first kappa shape index (κ1) is 21.6. The number of halogens is 1. The van der Waals surface area contributed by atoms with Crippen molar-refractivity contribution in [3.8, 4) is 11.5 Å². The summed E-state index contributed by atoms with van der Waals surface area (Å²) in [5.41, 5.74) is 2.31. The first-order valence-corrected chi connectivity index (χ1v) is 9.22. The Labute approximate surface area is 169 Å². The molecule has 7 heteroatoms. The summed E-state index contributed by atoms with van der Waals surface area (Å²) in [7, 11) is 2.89. The SMILES string of the molecule is CC[C@@H](NC(=O)COC(=O)c1cc(Cl)c(OC)c(OC)c1)c1ccc(C)cc1. The number of benzene rings is 2. The third-order valence-corrected chi connectivity index (χ3v) is 4.51. The molecule has 0 fully saturated rings. The number of hydrogen-bond donors (Lipinski definition) is 1. The Kier molecular flexibility index (Phi) is 7.70. The maximum atomic E-state index is 12.3. The van der Waals surface area contributed by atoms with Gasteiger partial charge in [-0.25, -0.2) is 4.79 Å². The van der Waals surface area contributed by atoms with Gasteiger partial charge in [0, 0.05) is 0 Å². The molecule has 0 saturated carbocycles. The molecule has 28 heavy (non-hydrogen) atoms. The van der Waals surface area contributed by atoms with Crippen molar-refractivity contribution in [2.24, 2.45) is 0 Å². The third kappa shape index (κ3) is 5.39. The van der Waals surface area contributed by atoms with E-state index in [-0.39, 0.29) is 22.5 Å². The zero-order chi connectivity index (χ0) is 20.7. The van der Waals surface area contributed by atoms with Crippen LogP contribution in [0.4, 0.5) is 0 Å². The van der Waals surface area contributed by atoms with Gasteiger partial charge in [0.15, 0.2) is 18.1 Å². The van der Waals surface area contributed by atoms with E-state index < -0.39 is 12.6 Å². The Morgan fingerprint density at radius 1 is 1.11 bits per heavy atom. The fourth-order valence-electron chi connectivity index (χ4n) is 2.71. The van der Waals surface area contributed by atoms with Gasteiger partial charge in [0.25, 0.3) is 5.91 Å². The van der Waals surface area contributed by atoms with Crippen molar-refractivity contribution in [2.45, 2.75) is 26.3 Å². The quantitative estimate of drug-likeness (QED) is 0.669. The minimum atomic E-state index is -0.679. The van der Waals surface area contributed by atoms with Crippen molar-refractivity contribution >= 4 is 23.5 Å². The predicted octanol–water partition coefficient (Wildman–Crippen LogP) is 4.09. The molecule has 2 rings (SSSR count). The summed E-state index contributed by atoms with van der Waals surface area (Å²) in [5.74, 6) is -0.437. The van der Waals surface area contributed by atoms with Crippen LogP contribution >= 0.6 is 11.6 Å². The molecular formula is C21H24ClNO5. The van der Waals surface area contributed by atoms with Gasteiger partial charge in [-0.15, -0.1) is 0 Å². The Hall–Kier alpha value is -2.73. The maximum absolute atomic E-state index is 12.3. The first-order valence-electron chi connectivity index (χ1n) is 8.84. The number of rotatable bonds is 8. The lowest BCUT2D eigenvalue weighted by Gasteiger charge is -2.18. The second-order valence-corrected chi connectivity index (χ2v) is 6.62. The Bertz CT molecular complexity index is 835. The van der Waals surface area contributed by atoms with Crippen LogP contribution in [0.1, 0.15) is 40.9 Å². The van der Waals surface area contributed by atoms with Gasteiger partial charge in [0.2, 0.25) is 0 Å². The van der Waals surface area contributed by atoms with Crippen molar-refractivity contribution in [2.75, 3.05) is 20.8 Å². The van der Waals surface area contributed by atoms with Crippen LogP contribution < -0.4 is 14.8 Å². The Morgan fingerprint density at radius 3 is 2.36 bits per heavy atom. The summed E-state index contributed by atoms with van der Waals surface area (Å²) in [6.45, 7) is 3.58. The molecule has 2 aromatic carbocycles. The fraction of sp³-hybridized carbons (Fsp3) is 0.333. The fourth-order valence-corrected chi connectivity index (χ4v) is 2.99. The van der Waals surface area contributed by atoms with Crippen molar-refractivity contribution in [1.29, 1.82) is 0 Å². The molecule has 0 bridgehead atoms. The number of nitrogens with one attached hydrogen (secondary N) is 1. The predicted molar refractivity (Wildman–Crippen MR) is 107 cm³/mol. The average Bonchev–Trinajstić information content (AvgIpc) is 2.70. The molecule has 0 heterocycles. The topological polar surface area (TPSA) is 73.9 Å². The molecule has 150 valence electrons. The van der Waals surface area contributed by atoms with Crippen molar-refractivity contribution in [1.82, 2.24) is 5.32 Å². The van der Waals surface area contributed by atoms with Gasteiger partial charge < -0.3 is 19.5 Å². The number of carbonyl (C=O) groups excluding carboxylic acids is 2. The smallest absolute Gasteiger partial charge is 0.338 e. The van der Waals surface area contributed by atoms with Gasteiger partial charge in [0.1, 0.15) is 0 Å². The zero-order valence-electron chi connectivity index (χ0n) is 16.4. The summed E-state index contributed by atoms with van der Waals surface area (Å²) < 4.78 is 15.4. The molecule has 1 amide bonds. The Morgan fingerprint density at radius 2 is 1.79 bits per heavy atom. The molecule has 0 aliphatic carbocycles. The summed E-state index contributed by atoms with van der Waals surface area (Å²) in [6.07, 6.45) is 0.716. The van der Waals surface area contributed by atoms with E-state index in [0.717, 1.165) is 11.1 Å². The van der Waals surface area contributed by atoms with Crippen LogP contribution in [0.15, 0.2) is 36.4 Å². The van der Waals surface area contributed by atoms with E-state index in [2.05, 4.69) is 5.32 Å². The summed E-state index contributed by atoms with van der Waals surface area (Å²) in [5, 5.41) is 3.09. The molecule has 0 unspecified atom stereocenters. The molecular weight excluding hydrogens is 382 g/mol. The van der Waals surface area contributed by atoms with Gasteiger partial charge >= 0.3 is 5.97 Å². The van der Waals surface area contributed by atoms with Crippen LogP contribution in [0.25, 0.3) is 0 Å². The number of hydrogen-bond acceptors (Lipinski definition) is 5. The first-order chi connectivity index (χ1) is 13.4. The summed E-state index contributed by atoms with van der Waals surface area (Å²) in [4.78, 5) is 24.5. The van der Waals surface area contributed by atoms with Gasteiger partial charge in [-0.1, -0.05) is 48.4 Å². The minimum Gasteiger partial charge on any atom is -0.493 e. The average molecular weight is 406 g/mol. The van der Waals surface area contributed by atoms with E-state index in [1.165, 1.54) is 26.4 Å². The lowest BCUT2D eigenvalue weighted by molar-refractivity contribution is -0.125. The van der Waals surface area contributed by atoms with Crippen LogP contribution in [0.3, 0.4) is 0 Å². The number of ether oxygens (including phenoxy) is 3. The molecule has 0 aliphatic rings. The molecule has 1 N–H and O–H groups in total. The highest BCUT2D eigenvalue weighted by Crippen LogP contribution is 2.36. The van der Waals surface area contributed by atoms with E-state index >= 15 is 0 Å². The van der Waals surface area contributed by atoms with E-state index in [4.69, 9.17) is 25.8 Å². The number of esters is 1. The van der Waals surface area contributed by atoms with Crippen molar-refractivity contribution < 1.29 is 23.8 Å². The van der Waals surface area contributed by atoms with Gasteiger partial charge in [0.05, 0.1) is 30.8 Å². The molecule has 6 nitrogen and oxygen atoms in total. The highest BCUT2D eigenvalue weighted by Gasteiger charge is 2.18. The van der Waals surface area contributed by atoms with Gasteiger partial charge in [-0.05, 0) is 31.0 Å². The lowest BCUT2D eigenvalue weighted by atomic mass is 10.0. The maximum Gasteiger partial charge on any atom is 0.338 e. The van der Waals surface area contributed by atoms with E-state index in [0.29, 0.717) is 17.9 Å². The lowest BCUT2D eigenvalue weighted by Crippen LogP contribution is -2.32. The van der Waals surface area contributed by atoms with Crippen LogP contribution in [0.5, 0.6) is 11.5 Å². The van der Waals surface area contributed by atoms with Crippen LogP contribution in [-0.2, 0) is 9.53 Å². The van der Waals surface area contributed by atoms with E-state index in [1.54, 1.807) is 0 Å². The van der Waals surface area contributed by atoms with E-state index in [9.17, 15) is 9.59 Å². The second-order valence-electron chi connectivity index (χ2n) is 6.21. The molecule has 0 saturated heterocycles. The molecule has 0 spiro atoms. The van der Waals surface area contributed by atoms with Crippen LogP contribution in [0, 0.1) is 6.92 Å². The molecule has 0 aromatic heterocycles. The minimum absolute atomic E-state index is 0.151. The normalized spacial score (nSPS) is 11.5. The molecule has 1 atom stereocenters. The molecule has 0 aliphatic heterocycles. The standard InChI is InChI=1S/C21H24ClNO5/c1-5-17(14-8-6-13(2)7-9-14)23-19(24)12-28-21(25)15-10-16(22)20(27-4)18(11-15)26-3/h6-11,17H,5,12H2,1-4H3,(H,23,24)/t17-/m1/s1. The largest absolute Gasteiger partial charge is 0.493 e. The molecule has 2 aromatic rings. The van der Waals surface area contributed by atoms with Crippen molar-refractivity contribution in [3.63, 3.8) is 0 Å². The highest BCUT2D eigenvalue weighted by molar-refractivity contribution is 6.32. The number of methoxy groups -OCH3 is 2. The molecule has 0 radical (unpaired) electrons. The number of aryl methyl sites for hydroxylation is 1. The monoisotopic (exact) mass is 405 g/mol. The number of carbonyl (C=O) groups is 2. The second kappa shape index (κ2) is 9.99. The van der Waals surface area contributed by atoms with Crippen molar-refractivity contribution in [3.05, 3.63) is 58.1 Å². The van der Waals surface area contributed by atoms with Crippen LogP contribution in [0.2, 0.25) is 5.02 Å². The zero-order valence-corrected chi connectivity index (χ0v) is 17.1. The highest BCUT2D eigenvalue weighted by atomic mass is 35.5. The summed E-state index contributed by atoms with van der Waals surface area (Å²) in [6, 6.07) is 10.6.